The molecule has 1 aromatic carbocycles. The molecule has 1 aromatic rings. The Kier molecular flexibility index (Phi) is 2.66. The Morgan fingerprint density at radius 1 is 1.43 bits per heavy atom. The quantitative estimate of drug-likeness (QED) is 0.708. The maximum absolute atomic E-state index is 5.93. The lowest BCUT2D eigenvalue weighted by Gasteiger charge is -2.31. The largest absolute Gasteiger partial charge is 0.478 e. The van der Waals surface area contributed by atoms with Crippen molar-refractivity contribution in [1.82, 2.24) is 4.90 Å². The van der Waals surface area contributed by atoms with Gasteiger partial charge in [0.1, 0.15) is 12.5 Å². The Balaban J connectivity index is 2.24. The third kappa shape index (κ3) is 1.86. The minimum atomic E-state index is 0.502. The van der Waals surface area contributed by atoms with Gasteiger partial charge < -0.3 is 4.74 Å². The van der Waals surface area contributed by atoms with Crippen LogP contribution in [-0.2, 0) is 6.54 Å². The van der Waals surface area contributed by atoms with Crippen LogP contribution in [0.3, 0.4) is 0 Å². The van der Waals surface area contributed by atoms with Gasteiger partial charge in [0, 0.05) is 23.2 Å². The molecular weight excluding hydrogens is 198 g/mol. The van der Waals surface area contributed by atoms with Crippen LogP contribution in [0, 0.1) is 0 Å². The lowest BCUT2D eigenvalue weighted by molar-refractivity contribution is 0.0687. The van der Waals surface area contributed by atoms with Crippen molar-refractivity contribution in [3.63, 3.8) is 0 Å². The standard InChI is InChI=1S/C11H14ClNO/c1-8(2)13-6-9-5-10(12)3-4-11(9)14-7-13/h3-5,8H,6-7H2,1-2H3. The molecule has 3 heteroatoms. The first-order valence-electron chi connectivity index (χ1n) is 4.82. The predicted molar refractivity (Wildman–Crippen MR) is 57.6 cm³/mol. The molecule has 0 aromatic heterocycles. The molecule has 0 saturated heterocycles. The number of hydrogen-bond donors (Lipinski definition) is 0. The van der Waals surface area contributed by atoms with Crippen molar-refractivity contribution in [1.29, 1.82) is 0 Å². The van der Waals surface area contributed by atoms with Crippen molar-refractivity contribution in [2.24, 2.45) is 0 Å². The highest BCUT2D eigenvalue weighted by molar-refractivity contribution is 6.30. The Hall–Kier alpha value is -0.730. The summed E-state index contributed by atoms with van der Waals surface area (Å²) >= 11 is 5.93. The molecule has 1 aliphatic rings. The van der Waals surface area contributed by atoms with Gasteiger partial charge in [0.2, 0.25) is 0 Å². The fourth-order valence-corrected chi connectivity index (χ4v) is 1.76. The van der Waals surface area contributed by atoms with E-state index in [9.17, 15) is 0 Å². The topological polar surface area (TPSA) is 12.5 Å². The van der Waals surface area contributed by atoms with E-state index < -0.39 is 0 Å². The molecule has 0 N–H and O–H groups in total. The molecule has 1 aliphatic heterocycles. The molecule has 0 saturated carbocycles. The Morgan fingerprint density at radius 2 is 2.21 bits per heavy atom. The highest BCUT2D eigenvalue weighted by atomic mass is 35.5. The van der Waals surface area contributed by atoms with Crippen molar-refractivity contribution in [2.75, 3.05) is 6.73 Å². The SMILES string of the molecule is CC(C)N1COc2ccc(Cl)cc2C1. The number of rotatable bonds is 1. The van der Waals surface area contributed by atoms with Crippen molar-refractivity contribution >= 4 is 11.6 Å². The van der Waals surface area contributed by atoms with Crippen LogP contribution in [0.1, 0.15) is 19.4 Å². The first-order chi connectivity index (χ1) is 6.66. The second-order valence-electron chi connectivity index (χ2n) is 3.87. The maximum Gasteiger partial charge on any atom is 0.142 e. The van der Waals surface area contributed by atoms with Gasteiger partial charge in [-0.15, -0.1) is 0 Å². The van der Waals surface area contributed by atoms with E-state index in [-0.39, 0.29) is 0 Å². The van der Waals surface area contributed by atoms with Crippen molar-refractivity contribution in [3.8, 4) is 5.75 Å². The van der Waals surface area contributed by atoms with Crippen molar-refractivity contribution < 1.29 is 4.74 Å². The minimum Gasteiger partial charge on any atom is -0.478 e. The molecule has 76 valence electrons. The van der Waals surface area contributed by atoms with Crippen LogP contribution in [0.25, 0.3) is 0 Å². The first-order valence-corrected chi connectivity index (χ1v) is 5.20. The maximum atomic E-state index is 5.93. The first kappa shape index (κ1) is 9.81. The highest BCUT2D eigenvalue weighted by Gasteiger charge is 2.19. The van der Waals surface area contributed by atoms with Crippen LogP contribution in [-0.4, -0.2) is 17.7 Å². The third-order valence-electron chi connectivity index (χ3n) is 2.51. The number of hydrogen-bond acceptors (Lipinski definition) is 2. The van der Waals surface area contributed by atoms with Gasteiger partial charge in [-0.1, -0.05) is 11.6 Å². The second kappa shape index (κ2) is 3.79. The molecule has 2 nitrogen and oxygen atoms in total. The summed E-state index contributed by atoms with van der Waals surface area (Å²) in [5, 5.41) is 0.776. The summed E-state index contributed by atoms with van der Waals surface area (Å²) in [6.45, 7) is 5.93. The van der Waals surface area contributed by atoms with E-state index in [0.29, 0.717) is 12.8 Å². The molecular formula is C11H14ClNO. The van der Waals surface area contributed by atoms with Crippen LogP contribution in [0.4, 0.5) is 0 Å². The third-order valence-corrected chi connectivity index (χ3v) is 2.75. The monoisotopic (exact) mass is 211 g/mol. The molecule has 0 unspecified atom stereocenters. The van der Waals surface area contributed by atoms with Gasteiger partial charge in [-0.05, 0) is 32.0 Å². The van der Waals surface area contributed by atoms with Gasteiger partial charge in [-0.3, -0.25) is 4.90 Å². The molecule has 0 aliphatic carbocycles. The van der Waals surface area contributed by atoms with E-state index in [4.69, 9.17) is 16.3 Å². The van der Waals surface area contributed by atoms with Crippen LogP contribution in [0.5, 0.6) is 5.75 Å². The molecule has 1 heterocycles. The van der Waals surface area contributed by atoms with E-state index in [1.165, 1.54) is 5.56 Å². The summed E-state index contributed by atoms with van der Waals surface area (Å²) in [6.07, 6.45) is 0. The average molecular weight is 212 g/mol. The predicted octanol–water partition coefficient (Wildman–Crippen LogP) is 2.90. The van der Waals surface area contributed by atoms with Crippen LogP contribution in [0.15, 0.2) is 18.2 Å². The fourth-order valence-electron chi connectivity index (χ4n) is 1.56. The Labute approximate surface area is 89.4 Å². The Bertz CT molecular complexity index is 338. The normalized spacial score (nSPS) is 16.6. The summed E-state index contributed by atoms with van der Waals surface area (Å²) in [6, 6.07) is 6.29. The number of nitrogens with zero attached hydrogens (tertiary/aromatic N) is 1. The summed E-state index contributed by atoms with van der Waals surface area (Å²) in [5.41, 5.74) is 1.18. The van der Waals surface area contributed by atoms with E-state index >= 15 is 0 Å². The number of halogens is 1. The number of ether oxygens (including phenoxy) is 1. The van der Waals surface area contributed by atoms with Crippen LogP contribution < -0.4 is 4.74 Å². The summed E-state index contributed by atoms with van der Waals surface area (Å²) in [4.78, 5) is 2.26. The Morgan fingerprint density at radius 3 is 2.93 bits per heavy atom. The molecule has 2 rings (SSSR count). The van der Waals surface area contributed by atoms with E-state index in [1.807, 2.05) is 18.2 Å². The number of fused-ring (bicyclic) bond motifs is 1. The average Bonchev–Trinajstić information content (AvgIpc) is 2.16. The van der Waals surface area contributed by atoms with Crippen molar-refractivity contribution in [3.05, 3.63) is 28.8 Å². The van der Waals surface area contributed by atoms with Gasteiger partial charge in [0.05, 0.1) is 0 Å². The molecule has 0 bridgehead atoms. The van der Waals surface area contributed by atoms with Gasteiger partial charge in [0.15, 0.2) is 0 Å². The highest BCUT2D eigenvalue weighted by Crippen LogP contribution is 2.28. The lowest BCUT2D eigenvalue weighted by atomic mass is 10.1. The molecule has 0 spiro atoms. The zero-order valence-electron chi connectivity index (χ0n) is 8.46. The smallest absolute Gasteiger partial charge is 0.142 e. The van der Waals surface area contributed by atoms with E-state index in [2.05, 4.69) is 18.7 Å². The van der Waals surface area contributed by atoms with Crippen LogP contribution in [0.2, 0.25) is 5.02 Å². The van der Waals surface area contributed by atoms with Gasteiger partial charge in [-0.2, -0.15) is 0 Å². The van der Waals surface area contributed by atoms with Gasteiger partial charge in [0.25, 0.3) is 0 Å². The molecule has 0 amide bonds. The van der Waals surface area contributed by atoms with Gasteiger partial charge >= 0.3 is 0 Å². The lowest BCUT2D eigenvalue weighted by Crippen LogP contribution is -2.37. The molecule has 0 fully saturated rings. The zero-order chi connectivity index (χ0) is 10.1. The fraction of sp³-hybridized carbons (Fsp3) is 0.455. The summed E-state index contributed by atoms with van der Waals surface area (Å²) in [7, 11) is 0. The summed E-state index contributed by atoms with van der Waals surface area (Å²) < 4.78 is 5.62. The molecule has 0 radical (unpaired) electrons. The second-order valence-corrected chi connectivity index (χ2v) is 4.30. The minimum absolute atomic E-state index is 0.502. The molecule has 0 atom stereocenters. The van der Waals surface area contributed by atoms with E-state index in [1.54, 1.807) is 0 Å². The summed E-state index contributed by atoms with van der Waals surface area (Å²) in [5.74, 6) is 0.964. The van der Waals surface area contributed by atoms with Crippen molar-refractivity contribution in [2.45, 2.75) is 26.4 Å². The zero-order valence-corrected chi connectivity index (χ0v) is 9.21. The number of benzene rings is 1. The molecule has 14 heavy (non-hydrogen) atoms. The van der Waals surface area contributed by atoms with Gasteiger partial charge in [-0.25, -0.2) is 0 Å². The van der Waals surface area contributed by atoms with Crippen LogP contribution >= 0.6 is 11.6 Å². The van der Waals surface area contributed by atoms with E-state index in [0.717, 1.165) is 17.3 Å².